The van der Waals surface area contributed by atoms with Crippen molar-refractivity contribution in [2.45, 2.75) is 46.1 Å². The van der Waals surface area contributed by atoms with Crippen molar-refractivity contribution < 1.29 is 0 Å². The van der Waals surface area contributed by atoms with E-state index >= 15 is 0 Å². The van der Waals surface area contributed by atoms with Crippen LogP contribution in [-0.2, 0) is 0 Å². The Bertz CT molecular complexity index is 949. The molecule has 6 nitrogen and oxygen atoms in total. The number of anilines is 3. The van der Waals surface area contributed by atoms with Crippen LogP contribution < -0.4 is 21.9 Å². The van der Waals surface area contributed by atoms with Crippen LogP contribution >= 0.6 is 0 Å². The largest absolute Gasteiger partial charge is 0.398 e. The molecule has 0 aliphatic heterocycles. The molecule has 1 saturated carbocycles. The average Bonchev–Trinajstić information content (AvgIpc) is 2.58. The van der Waals surface area contributed by atoms with E-state index in [2.05, 4.69) is 17.2 Å². The predicted octanol–water partition coefficient (Wildman–Crippen LogP) is 4.07. The lowest BCUT2D eigenvalue weighted by Gasteiger charge is -2.32. The van der Waals surface area contributed by atoms with Crippen LogP contribution in [0.2, 0.25) is 0 Å². The van der Waals surface area contributed by atoms with Gasteiger partial charge < -0.3 is 21.8 Å². The Labute approximate surface area is 159 Å². The zero-order valence-corrected chi connectivity index (χ0v) is 16.1. The molecule has 6 heteroatoms. The molecular weight excluding hydrogens is 338 g/mol. The van der Waals surface area contributed by atoms with Crippen molar-refractivity contribution in [3.05, 3.63) is 63.2 Å². The van der Waals surface area contributed by atoms with Gasteiger partial charge in [0, 0.05) is 23.5 Å². The Kier molecular flexibility index (Phi) is 5.08. The minimum Gasteiger partial charge on any atom is -0.398 e. The van der Waals surface area contributed by atoms with Gasteiger partial charge >= 0.3 is 0 Å². The van der Waals surface area contributed by atoms with Gasteiger partial charge in [-0.1, -0.05) is 24.8 Å². The number of hydrogen-bond donors (Lipinski definition) is 4. The van der Waals surface area contributed by atoms with Gasteiger partial charge in [0.25, 0.3) is 5.56 Å². The second-order valence-corrected chi connectivity index (χ2v) is 7.20. The summed E-state index contributed by atoms with van der Waals surface area (Å²) in [7, 11) is 0. The molecule has 0 bridgehead atoms. The molecule has 0 radical (unpaired) electrons. The molecule has 1 aliphatic carbocycles. The third-order valence-corrected chi connectivity index (χ3v) is 5.34. The first-order chi connectivity index (χ1) is 12.8. The lowest BCUT2D eigenvalue weighted by atomic mass is 9.92. The molecule has 0 unspecified atom stereocenters. The van der Waals surface area contributed by atoms with E-state index < -0.39 is 0 Å². The normalized spacial score (nSPS) is 13.7. The number of nitrogen functional groups attached to an aromatic ring is 1. The van der Waals surface area contributed by atoms with E-state index in [4.69, 9.17) is 11.1 Å². The molecule has 142 valence electrons. The first kappa shape index (κ1) is 18.8. The average molecular weight is 365 g/mol. The zero-order chi connectivity index (χ0) is 19.7. The van der Waals surface area contributed by atoms with Gasteiger partial charge in [-0.3, -0.25) is 9.36 Å². The van der Waals surface area contributed by atoms with Gasteiger partial charge in [-0.15, -0.1) is 0 Å². The molecule has 0 amide bonds. The Morgan fingerprint density at radius 1 is 1.26 bits per heavy atom. The van der Waals surface area contributed by atoms with Crippen molar-refractivity contribution in [2.24, 2.45) is 0 Å². The molecule has 27 heavy (non-hydrogen) atoms. The van der Waals surface area contributed by atoms with Crippen molar-refractivity contribution >= 4 is 23.4 Å². The molecule has 3 rings (SSSR count). The molecule has 1 aromatic heterocycles. The number of aryl methyl sites for hydroxylation is 2. The van der Waals surface area contributed by atoms with Gasteiger partial charge in [-0.2, -0.15) is 0 Å². The molecule has 0 spiro atoms. The first-order valence-electron chi connectivity index (χ1n) is 9.19. The lowest BCUT2D eigenvalue weighted by Crippen LogP contribution is -2.34. The minimum atomic E-state index is -0.106. The third-order valence-electron chi connectivity index (χ3n) is 5.34. The fourth-order valence-corrected chi connectivity index (χ4v) is 3.46. The molecule has 0 saturated heterocycles. The topological polar surface area (TPSA) is 95.9 Å². The van der Waals surface area contributed by atoms with Gasteiger partial charge in [-0.05, 0) is 51.2 Å². The van der Waals surface area contributed by atoms with E-state index in [0.29, 0.717) is 28.5 Å². The minimum absolute atomic E-state index is 0.106. The number of hydrogen-bond acceptors (Lipinski definition) is 5. The molecule has 1 aromatic carbocycles. The summed E-state index contributed by atoms with van der Waals surface area (Å²) in [5.74, 6) is 1.07. The highest BCUT2D eigenvalue weighted by Gasteiger charge is 2.27. The molecular formula is C21H27N5O. The van der Waals surface area contributed by atoms with Gasteiger partial charge in [0.05, 0.1) is 11.3 Å². The number of pyridine rings is 1. The molecule has 1 heterocycles. The smallest absolute Gasteiger partial charge is 0.257 e. The maximum atomic E-state index is 12.9. The van der Waals surface area contributed by atoms with Crippen LogP contribution in [-0.4, -0.2) is 10.8 Å². The predicted molar refractivity (Wildman–Crippen MR) is 113 cm³/mol. The Morgan fingerprint density at radius 3 is 2.41 bits per heavy atom. The van der Waals surface area contributed by atoms with Crippen LogP contribution in [0.25, 0.3) is 0 Å². The standard InChI is InChI=1S/C21H27N5O/c1-12-7-5-8-13(2)19(12)24-15(4)25-20-17(11-22)18(23)14(3)21(27)26(20)16-9-6-10-16/h5,7-8,11,16,22,24-25H,4,6,9-10,23H2,1-3H3. The summed E-state index contributed by atoms with van der Waals surface area (Å²) in [6.45, 7) is 9.85. The Hall–Kier alpha value is -3.02. The van der Waals surface area contributed by atoms with Crippen LogP contribution in [0.5, 0.6) is 0 Å². The maximum absolute atomic E-state index is 12.9. The van der Waals surface area contributed by atoms with Crippen LogP contribution in [0, 0.1) is 26.2 Å². The van der Waals surface area contributed by atoms with E-state index in [1.807, 2.05) is 32.0 Å². The Balaban J connectivity index is 2.02. The number of benzene rings is 1. The van der Waals surface area contributed by atoms with Gasteiger partial charge in [0.2, 0.25) is 0 Å². The number of nitrogens with two attached hydrogens (primary N) is 1. The van der Waals surface area contributed by atoms with Gasteiger partial charge in [-0.25, -0.2) is 0 Å². The van der Waals surface area contributed by atoms with Gasteiger partial charge in [0.15, 0.2) is 0 Å². The van der Waals surface area contributed by atoms with Gasteiger partial charge in [0.1, 0.15) is 11.6 Å². The van der Waals surface area contributed by atoms with Crippen LogP contribution in [0.1, 0.15) is 47.6 Å². The van der Waals surface area contributed by atoms with E-state index in [-0.39, 0.29) is 11.6 Å². The molecule has 1 aliphatic rings. The zero-order valence-electron chi connectivity index (χ0n) is 16.1. The maximum Gasteiger partial charge on any atom is 0.257 e. The Morgan fingerprint density at radius 2 is 1.89 bits per heavy atom. The summed E-state index contributed by atoms with van der Waals surface area (Å²) in [6, 6.07) is 6.19. The van der Waals surface area contributed by atoms with E-state index in [1.54, 1.807) is 11.5 Å². The summed E-state index contributed by atoms with van der Waals surface area (Å²) in [4.78, 5) is 12.9. The van der Waals surface area contributed by atoms with Crippen LogP contribution in [0.4, 0.5) is 17.2 Å². The molecule has 1 fully saturated rings. The summed E-state index contributed by atoms with van der Waals surface area (Å²) in [6.07, 6.45) is 4.20. The van der Waals surface area contributed by atoms with Crippen molar-refractivity contribution in [3.8, 4) is 0 Å². The van der Waals surface area contributed by atoms with Crippen molar-refractivity contribution in [2.75, 3.05) is 16.4 Å². The van der Waals surface area contributed by atoms with Crippen molar-refractivity contribution in [1.29, 1.82) is 5.41 Å². The van der Waals surface area contributed by atoms with E-state index in [1.165, 1.54) is 6.21 Å². The van der Waals surface area contributed by atoms with Crippen molar-refractivity contribution in [3.63, 3.8) is 0 Å². The summed E-state index contributed by atoms with van der Waals surface area (Å²) in [5, 5.41) is 14.3. The third kappa shape index (κ3) is 3.35. The highest BCUT2D eigenvalue weighted by molar-refractivity contribution is 5.93. The summed E-state index contributed by atoms with van der Waals surface area (Å²) < 4.78 is 1.74. The number of rotatable bonds is 6. The fraction of sp³-hybridized carbons (Fsp3) is 0.333. The van der Waals surface area contributed by atoms with E-state index in [0.717, 1.165) is 36.1 Å². The number of para-hydroxylation sites is 1. The highest BCUT2D eigenvalue weighted by Crippen LogP contribution is 2.35. The van der Waals surface area contributed by atoms with Crippen molar-refractivity contribution in [1.82, 2.24) is 4.57 Å². The number of nitrogens with one attached hydrogen (secondary N) is 3. The van der Waals surface area contributed by atoms with Crippen LogP contribution in [0.15, 0.2) is 35.4 Å². The van der Waals surface area contributed by atoms with Crippen LogP contribution in [0.3, 0.4) is 0 Å². The fourth-order valence-electron chi connectivity index (χ4n) is 3.46. The number of aromatic nitrogens is 1. The highest BCUT2D eigenvalue weighted by atomic mass is 16.1. The summed E-state index contributed by atoms with van der Waals surface area (Å²) >= 11 is 0. The molecule has 0 atom stereocenters. The summed E-state index contributed by atoms with van der Waals surface area (Å²) in [5.41, 5.74) is 10.6. The van der Waals surface area contributed by atoms with E-state index in [9.17, 15) is 4.79 Å². The lowest BCUT2D eigenvalue weighted by molar-refractivity contribution is 0.309. The SMILES string of the molecule is C=C(Nc1c(C)cccc1C)Nc1c(C=N)c(N)c(C)c(=O)n1C1CCC1. The first-order valence-corrected chi connectivity index (χ1v) is 9.19. The monoisotopic (exact) mass is 365 g/mol. The second kappa shape index (κ2) is 7.31. The second-order valence-electron chi connectivity index (χ2n) is 7.20. The molecule has 2 aromatic rings. The molecule has 5 N–H and O–H groups in total. The quantitative estimate of drug-likeness (QED) is 0.580. The number of nitrogens with zero attached hydrogens (tertiary/aromatic N) is 1.